The molecule has 0 amide bonds. The smallest absolute Gasteiger partial charge is 0.121 e. The number of hydrogen-bond acceptors (Lipinski definition) is 5. The summed E-state index contributed by atoms with van der Waals surface area (Å²) >= 11 is 0. The van der Waals surface area contributed by atoms with Gasteiger partial charge in [-0.05, 0) is 94.8 Å². The lowest BCUT2D eigenvalue weighted by Crippen LogP contribution is -2.17. The van der Waals surface area contributed by atoms with Crippen molar-refractivity contribution in [3.05, 3.63) is 53.9 Å². The number of unbranched alkanes of at least 4 members (excludes halogenated alkanes) is 1. The van der Waals surface area contributed by atoms with E-state index in [1.54, 1.807) is 0 Å². The first-order chi connectivity index (χ1) is 17.8. The summed E-state index contributed by atoms with van der Waals surface area (Å²) in [5, 5.41) is 3.40. The number of aromatic nitrogens is 2. The minimum absolute atomic E-state index is 0.750. The van der Waals surface area contributed by atoms with Crippen LogP contribution in [0.5, 0.6) is 5.75 Å². The summed E-state index contributed by atoms with van der Waals surface area (Å²) in [6.07, 6.45) is 7.87. The van der Waals surface area contributed by atoms with Gasteiger partial charge in [-0.15, -0.1) is 0 Å². The molecule has 0 saturated heterocycles. The van der Waals surface area contributed by atoms with E-state index in [-0.39, 0.29) is 0 Å². The van der Waals surface area contributed by atoms with E-state index in [9.17, 15) is 0 Å². The highest BCUT2D eigenvalue weighted by atomic mass is 16.5. The Morgan fingerprint density at radius 2 is 1.86 bits per heavy atom. The molecule has 6 heteroatoms. The molecule has 1 unspecified atom stereocenters. The fourth-order valence-corrected chi connectivity index (χ4v) is 3.67. The molecule has 0 bridgehead atoms. The number of hydrogen-bond donors (Lipinski definition) is 2. The number of imidazole rings is 1. The van der Waals surface area contributed by atoms with E-state index in [4.69, 9.17) is 9.53 Å². The summed E-state index contributed by atoms with van der Waals surface area (Å²) in [4.78, 5) is 18.6. The Morgan fingerprint density at radius 3 is 2.54 bits per heavy atom. The van der Waals surface area contributed by atoms with E-state index in [1.165, 1.54) is 44.8 Å². The lowest BCUT2D eigenvalue weighted by Gasteiger charge is -2.14. The predicted molar refractivity (Wildman–Crippen MR) is 159 cm³/mol. The fraction of sp³-hybridized carbons (Fsp3) is 0.548. The molecule has 0 aliphatic carbocycles. The van der Waals surface area contributed by atoms with E-state index in [0.717, 1.165) is 66.4 Å². The lowest BCUT2D eigenvalue weighted by molar-refractivity contribution is -0.106. The van der Waals surface area contributed by atoms with Crippen LogP contribution < -0.4 is 15.0 Å². The van der Waals surface area contributed by atoms with Crippen molar-refractivity contribution in [3.8, 4) is 5.75 Å². The van der Waals surface area contributed by atoms with Crippen LogP contribution in [0.15, 0.2) is 42.5 Å². The van der Waals surface area contributed by atoms with Crippen molar-refractivity contribution in [2.75, 3.05) is 38.7 Å². The van der Waals surface area contributed by atoms with Gasteiger partial charge in [0.05, 0.1) is 17.6 Å². The van der Waals surface area contributed by atoms with Gasteiger partial charge in [0.15, 0.2) is 0 Å². The van der Waals surface area contributed by atoms with Crippen molar-refractivity contribution < 1.29 is 9.53 Å². The Balaban J connectivity index is 0.000000443. The normalized spacial score (nSPS) is 11.1. The summed E-state index contributed by atoms with van der Waals surface area (Å²) < 4.78 is 5.87. The molecule has 1 heterocycles. The maximum atomic E-state index is 8.81. The molecule has 0 fully saturated rings. The fourth-order valence-electron chi connectivity index (χ4n) is 3.67. The summed E-state index contributed by atoms with van der Waals surface area (Å²) in [7, 11) is 4.08. The maximum Gasteiger partial charge on any atom is 0.121 e. The predicted octanol–water partition coefficient (Wildman–Crippen LogP) is 6.97. The number of carbonyl (C=O) groups is 1. The van der Waals surface area contributed by atoms with Gasteiger partial charge >= 0.3 is 0 Å². The number of nitrogens with zero attached hydrogens (tertiary/aromatic N) is 2. The number of nitrogens with one attached hydrogen (secondary N) is 2. The number of benzene rings is 2. The molecular weight excluding hydrogens is 460 g/mol. The van der Waals surface area contributed by atoms with Gasteiger partial charge in [0.1, 0.15) is 17.9 Å². The molecule has 3 rings (SSSR count). The first kappa shape index (κ1) is 32.2. The van der Waals surface area contributed by atoms with E-state index in [1.807, 2.05) is 33.2 Å². The van der Waals surface area contributed by atoms with Gasteiger partial charge < -0.3 is 24.7 Å². The van der Waals surface area contributed by atoms with Crippen LogP contribution in [0, 0.1) is 12.8 Å². The second-order valence-corrected chi connectivity index (χ2v) is 9.66. The van der Waals surface area contributed by atoms with Crippen LogP contribution in [0.4, 0.5) is 5.69 Å². The second-order valence-electron chi connectivity index (χ2n) is 9.66. The van der Waals surface area contributed by atoms with Crippen LogP contribution in [0.1, 0.15) is 71.2 Å². The van der Waals surface area contributed by atoms with Crippen LogP contribution in [0.2, 0.25) is 0 Å². The zero-order valence-electron chi connectivity index (χ0n) is 24.3. The van der Waals surface area contributed by atoms with Gasteiger partial charge in [0, 0.05) is 25.8 Å². The highest BCUT2D eigenvalue weighted by molar-refractivity contribution is 5.75. The number of fused-ring (bicyclic) bond motifs is 1. The molecule has 0 aliphatic rings. The topological polar surface area (TPSA) is 70.2 Å². The number of carbonyl (C=O) groups excluding carboxylic acids is 1. The van der Waals surface area contributed by atoms with Crippen LogP contribution in [-0.2, 0) is 11.2 Å². The summed E-state index contributed by atoms with van der Waals surface area (Å²) in [6.45, 7) is 13.3. The van der Waals surface area contributed by atoms with Gasteiger partial charge in [0.2, 0.25) is 0 Å². The zero-order chi connectivity index (χ0) is 27.5. The summed E-state index contributed by atoms with van der Waals surface area (Å²) in [5.74, 6) is 2.80. The van der Waals surface area contributed by atoms with Gasteiger partial charge in [0.25, 0.3) is 0 Å². The molecule has 0 aliphatic heterocycles. The van der Waals surface area contributed by atoms with E-state index in [2.05, 4.69) is 71.3 Å². The third-order valence-electron chi connectivity index (χ3n) is 6.06. The van der Waals surface area contributed by atoms with Crippen molar-refractivity contribution in [2.45, 2.75) is 73.1 Å². The number of anilines is 1. The summed E-state index contributed by atoms with van der Waals surface area (Å²) in [6, 6.07) is 14.7. The molecule has 2 N–H and O–H groups in total. The van der Waals surface area contributed by atoms with Crippen LogP contribution >= 0.6 is 0 Å². The number of rotatable bonds is 13. The third-order valence-corrected chi connectivity index (χ3v) is 6.06. The molecule has 37 heavy (non-hydrogen) atoms. The third kappa shape index (κ3) is 13.9. The highest BCUT2D eigenvalue weighted by Crippen LogP contribution is 2.20. The molecule has 0 saturated carbocycles. The Morgan fingerprint density at radius 1 is 1.11 bits per heavy atom. The number of aromatic amines is 1. The van der Waals surface area contributed by atoms with Gasteiger partial charge in [-0.25, -0.2) is 4.98 Å². The standard InChI is InChI=1S/C20H25N3O.C9H21N.C2H4O/c1-15-21-19-11-10-16(13-20(19)22-15)7-4-5-12-24-18-9-6-8-17(14-18)23(2)3;1-4-7-10-8-6-9(3)5-2;1-2-3/h6,8-11,13-14H,4-5,7,12H2,1-3H3,(H,21,22);9-10H,4-8H2,1-3H3;2H,1H3. The average Bonchev–Trinajstić information content (AvgIpc) is 3.26. The second kappa shape index (κ2) is 19.3. The Bertz CT molecular complexity index is 1000. The number of aldehydes is 1. The summed E-state index contributed by atoms with van der Waals surface area (Å²) in [5.41, 5.74) is 4.68. The van der Waals surface area contributed by atoms with Crippen LogP contribution in [-0.4, -0.2) is 50.0 Å². The minimum Gasteiger partial charge on any atom is -0.494 e. The molecule has 0 radical (unpaired) electrons. The maximum absolute atomic E-state index is 8.81. The van der Waals surface area contributed by atoms with E-state index in [0.29, 0.717) is 0 Å². The number of H-pyrrole nitrogens is 1. The molecule has 2 aromatic carbocycles. The molecule has 3 aromatic rings. The number of ether oxygens (including phenoxy) is 1. The van der Waals surface area contributed by atoms with Gasteiger partial charge in [-0.3, -0.25) is 0 Å². The quantitative estimate of drug-likeness (QED) is 0.192. The SMILES string of the molecule is CC=O.CCCNCCC(C)CC.Cc1nc2ccc(CCCCOc3cccc(N(C)C)c3)cc2[nH]1. The van der Waals surface area contributed by atoms with E-state index >= 15 is 0 Å². The molecule has 1 aromatic heterocycles. The molecular formula is C31H50N4O2. The van der Waals surface area contributed by atoms with Crippen LogP contribution in [0.3, 0.4) is 0 Å². The Labute approximate surface area is 225 Å². The van der Waals surface area contributed by atoms with Crippen molar-refractivity contribution >= 4 is 23.0 Å². The van der Waals surface area contributed by atoms with Crippen molar-refractivity contribution in [1.29, 1.82) is 0 Å². The zero-order valence-corrected chi connectivity index (χ0v) is 24.3. The lowest BCUT2D eigenvalue weighted by atomic mass is 10.1. The Kier molecular flexibility index (Phi) is 16.8. The molecule has 6 nitrogen and oxygen atoms in total. The van der Waals surface area contributed by atoms with Crippen molar-refractivity contribution in [2.24, 2.45) is 5.92 Å². The molecule has 206 valence electrons. The van der Waals surface area contributed by atoms with E-state index < -0.39 is 0 Å². The average molecular weight is 511 g/mol. The monoisotopic (exact) mass is 510 g/mol. The Hall–Kier alpha value is -2.86. The first-order valence-corrected chi connectivity index (χ1v) is 13.8. The van der Waals surface area contributed by atoms with Crippen molar-refractivity contribution in [1.82, 2.24) is 15.3 Å². The minimum atomic E-state index is 0.750. The van der Waals surface area contributed by atoms with Crippen LogP contribution in [0.25, 0.3) is 11.0 Å². The van der Waals surface area contributed by atoms with Gasteiger partial charge in [-0.2, -0.15) is 0 Å². The van der Waals surface area contributed by atoms with Crippen molar-refractivity contribution in [3.63, 3.8) is 0 Å². The molecule has 1 atom stereocenters. The highest BCUT2D eigenvalue weighted by Gasteiger charge is 2.02. The van der Waals surface area contributed by atoms with Gasteiger partial charge in [-0.1, -0.05) is 39.3 Å². The molecule has 0 spiro atoms. The number of aryl methyl sites for hydroxylation is 2. The first-order valence-electron chi connectivity index (χ1n) is 13.8. The largest absolute Gasteiger partial charge is 0.494 e.